The average molecular weight is 369 g/mol. The van der Waals surface area contributed by atoms with E-state index < -0.39 is 26.7 Å². The number of nitrogens with one attached hydrogen (secondary N) is 1. The molecule has 0 aromatic heterocycles. The van der Waals surface area contributed by atoms with Gasteiger partial charge in [0.05, 0.1) is 16.4 Å². The van der Waals surface area contributed by atoms with E-state index in [-0.39, 0.29) is 28.3 Å². The Morgan fingerprint density at radius 2 is 2.00 bits per heavy atom. The second-order valence-electron chi connectivity index (χ2n) is 7.34. The van der Waals surface area contributed by atoms with Crippen molar-refractivity contribution in [3.8, 4) is 0 Å². The molecule has 1 N–H and O–H groups in total. The molecule has 1 atom stereocenters. The van der Waals surface area contributed by atoms with Gasteiger partial charge < -0.3 is 10.2 Å². The van der Waals surface area contributed by atoms with Gasteiger partial charge in [-0.25, -0.2) is 8.42 Å². The van der Waals surface area contributed by atoms with Gasteiger partial charge >= 0.3 is 0 Å². The van der Waals surface area contributed by atoms with Crippen LogP contribution in [0.2, 0.25) is 0 Å². The van der Waals surface area contributed by atoms with Gasteiger partial charge in [0.25, 0.3) is 11.6 Å². The standard InChI is InChI=1S/C16H23N3O5S/c1-16(2,3)17-13-6-5-11(9-14(13)19(21)22)15(20)18(4)12-7-8-25(23,24)10-12/h5-6,9,12,17H,7-8,10H2,1-4H3. The number of nitrogens with zero attached hydrogens (tertiary/aromatic N) is 2. The van der Waals surface area contributed by atoms with Crippen LogP contribution < -0.4 is 5.32 Å². The fourth-order valence-electron chi connectivity index (χ4n) is 2.78. The van der Waals surface area contributed by atoms with Crippen molar-refractivity contribution in [1.29, 1.82) is 0 Å². The van der Waals surface area contributed by atoms with Gasteiger partial charge in [-0.1, -0.05) is 0 Å². The number of nitro groups is 1. The van der Waals surface area contributed by atoms with E-state index in [2.05, 4.69) is 5.32 Å². The molecule has 1 aliphatic rings. The molecule has 138 valence electrons. The highest BCUT2D eigenvalue weighted by atomic mass is 32.2. The monoisotopic (exact) mass is 369 g/mol. The van der Waals surface area contributed by atoms with E-state index in [0.29, 0.717) is 12.1 Å². The minimum Gasteiger partial charge on any atom is -0.375 e. The van der Waals surface area contributed by atoms with Crippen molar-refractivity contribution in [2.45, 2.75) is 38.8 Å². The van der Waals surface area contributed by atoms with Gasteiger partial charge in [-0.15, -0.1) is 0 Å². The lowest BCUT2D eigenvalue weighted by atomic mass is 10.1. The molecule has 1 saturated heterocycles. The third-order valence-corrected chi connectivity index (χ3v) is 5.78. The Balaban J connectivity index is 2.28. The second kappa shape index (κ2) is 6.62. The highest BCUT2D eigenvalue weighted by molar-refractivity contribution is 7.91. The quantitative estimate of drug-likeness (QED) is 0.643. The summed E-state index contributed by atoms with van der Waals surface area (Å²) >= 11 is 0. The average Bonchev–Trinajstić information content (AvgIpc) is 2.84. The van der Waals surface area contributed by atoms with Crippen LogP contribution in [0.25, 0.3) is 0 Å². The van der Waals surface area contributed by atoms with E-state index in [1.54, 1.807) is 0 Å². The molecular formula is C16H23N3O5S. The summed E-state index contributed by atoms with van der Waals surface area (Å²) in [6, 6.07) is 3.86. The van der Waals surface area contributed by atoms with E-state index in [9.17, 15) is 23.3 Å². The summed E-state index contributed by atoms with van der Waals surface area (Å²) in [5, 5.41) is 14.4. The first-order valence-corrected chi connectivity index (χ1v) is 9.76. The molecule has 1 aromatic carbocycles. The molecule has 0 spiro atoms. The molecule has 25 heavy (non-hydrogen) atoms. The van der Waals surface area contributed by atoms with Crippen LogP contribution >= 0.6 is 0 Å². The number of hydrogen-bond donors (Lipinski definition) is 1. The Hall–Kier alpha value is -2.16. The molecule has 0 bridgehead atoms. The van der Waals surface area contributed by atoms with Crippen molar-refractivity contribution < 1.29 is 18.1 Å². The summed E-state index contributed by atoms with van der Waals surface area (Å²) in [7, 11) is -1.59. The summed E-state index contributed by atoms with van der Waals surface area (Å²) in [5.74, 6) is -0.433. The Bertz CT molecular complexity index is 798. The number of sulfone groups is 1. The van der Waals surface area contributed by atoms with Crippen LogP contribution in [0.3, 0.4) is 0 Å². The number of rotatable bonds is 4. The normalized spacial score (nSPS) is 19.4. The predicted molar refractivity (Wildman–Crippen MR) is 95.6 cm³/mol. The molecule has 0 radical (unpaired) electrons. The van der Waals surface area contributed by atoms with Gasteiger partial charge in [-0.05, 0) is 39.3 Å². The summed E-state index contributed by atoms with van der Waals surface area (Å²) < 4.78 is 23.2. The van der Waals surface area contributed by atoms with Crippen LogP contribution in [0.5, 0.6) is 0 Å². The first-order valence-electron chi connectivity index (χ1n) is 7.94. The molecule has 0 aliphatic carbocycles. The summed E-state index contributed by atoms with van der Waals surface area (Å²) in [6.45, 7) is 5.64. The molecule has 1 aliphatic heterocycles. The van der Waals surface area contributed by atoms with E-state index in [1.807, 2.05) is 20.8 Å². The van der Waals surface area contributed by atoms with Gasteiger partial charge in [0.2, 0.25) is 0 Å². The number of nitro benzene ring substituents is 1. The van der Waals surface area contributed by atoms with Crippen LogP contribution in [0, 0.1) is 10.1 Å². The fraction of sp³-hybridized carbons (Fsp3) is 0.562. The fourth-order valence-corrected chi connectivity index (χ4v) is 4.55. The van der Waals surface area contributed by atoms with Gasteiger partial charge in [-0.3, -0.25) is 14.9 Å². The van der Waals surface area contributed by atoms with Crippen LogP contribution in [0.4, 0.5) is 11.4 Å². The lowest BCUT2D eigenvalue weighted by Gasteiger charge is -2.24. The number of carbonyl (C=O) groups excluding carboxylic acids is 1. The third-order valence-electron chi connectivity index (χ3n) is 4.03. The van der Waals surface area contributed by atoms with E-state index in [0.717, 1.165) is 0 Å². The van der Waals surface area contributed by atoms with Gasteiger partial charge in [0.15, 0.2) is 9.84 Å². The SMILES string of the molecule is CN(C(=O)c1ccc(NC(C)(C)C)c([N+](=O)[O-])c1)C1CCS(=O)(=O)C1. The maximum atomic E-state index is 12.6. The first-order chi connectivity index (χ1) is 11.4. The number of carbonyl (C=O) groups is 1. The molecule has 1 amide bonds. The molecule has 1 unspecified atom stereocenters. The number of hydrogen-bond acceptors (Lipinski definition) is 6. The van der Waals surface area contributed by atoms with E-state index in [1.165, 1.54) is 30.1 Å². The van der Waals surface area contributed by atoms with Crippen molar-refractivity contribution in [1.82, 2.24) is 4.90 Å². The summed E-state index contributed by atoms with van der Waals surface area (Å²) in [5.41, 5.74) is -0.0583. The molecule has 1 heterocycles. The maximum Gasteiger partial charge on any atom is 0.293 e. The topological polar surface area (TPSA) is 110 Å². The molecule has 0 saturated carbocycles. The minimum atomic E-state index is -3.12. The van der Waals surface area contributed by atoms with Gasteiger partial charge in [0, 0.05) is 30.3 Å². The first kappa shape index (κ1) is 19.2. The van der Waals surface area contributed by atoms with Gasteiger partial charge in [-0.2, -0.15) is 0 Å². The van der Waals surface area contributed by atoms with Crippen LogP contribution in [-0.4, -0.2) is 54.3 Å². The third kappa shape index (κ3) is 4.68. The Labute approximate surface area is 147 Å². The van der Waals surface area contributed by atoms with Crippen LogP contribution in [0.1, 0.15) is 37.6 Å². The van der Waals surface area contributed by atoms with Crippen molar-refractivity contribution in [2.24, 2.45) is 0 Å². The maximum absolute atomic E-state index is 12.6. The molecule has 8 nitrogen and oxygen atoms in total. The van der Waals surface area contributed by atoms with Crippen LogP contribution in [-0.2, 0) is 9.84 Å². The summed E-state index contributed by atoms with van der Waals surface area (Å²) in [6.07, 6.45) is 0.385. The molecule has 1 aromatic rings. The molecule has 2 rings (SSSR count). The number of anilines is 1. The Morgan fingerprint density at radius 3 is 2.48 bits per heavy atom. The number of amides is 1. The Morgan fingerprint density at radius 1 is 1.36 bits per heavy atom. The van der Waals surface area contributed by atoms with Crippen molar-refractivity contribution in [3.63, 3.8) is 0 Å². The smallest absolute Gasteiger partial charge is 0.293 e. The zero-order chi connectivity index (χ0) is 19.0. The zero-order valence-corrected chi connectivity index (χ0v) is 15.6. The van der Waals surface area contributed by atoms with Crippen molar-refractivity contribution in [3.05, 3.63) is 33.9 Å². The molecular weight excluding hydrogens is 346 g/mol. The molecule has 9 heteroatoms. The number of benzene rings is 1. The second-order valence-corrected chi connectivity index (χ2v) is 9.57. The van der Waals surface area contributed by atoms with E-state index in [4.69, 9.17) is 0 Å². The lowest BCUT2D eigenvalue weighted by Crippen LogP contribution is -2.37. The predicted octanol–water partition coefficient (Wildman–Crippen LogP) is 2.06. The minimum absolute atomic E-state index is 0.0594. The Kier molecular flexibility index (Phi) is 5.08. The lowest BCUT2D eigenvalue weighted by molar-refractivity contribution is -0.384. The van der Waals surface area contributed by atoms with Gasteiger partial charge in [0.1, 0.15) is 5.69 Å². The highest BCUT2D eigenvalue weighted by Gasteiger charge is 2.33. The zero-order valence-electron chi connectivity index (χ0n) is 14.8. The van der Waals surface area contributed by atoms with Crippen molar-refractivity contribution in [2.75, 3.05) is 23.9 Å². The van der Waals surface area contributed by atoms with Crippen molar-refractivity contribution >= 4 is 27.1 Å². The van der Waals surface area contributed by atoms with E-state index >= 15 is 0 Å². The largest absolute Gasteiger partial charge is 0.375 e. The molecule has 1 fully saturated rings. The highest BCUT2D eigenvalue weighted by Crippen LogP contribution is 2.29. The van der Waals surface area contributed by atoms with Crippen LogP contribution in [0.15, 0.2) is 18.2 Å². The summed E-state index contributed by atoms with van der Waals surface area (Å²) in [4.78, 5) is 24.8.